The minimum Gasteiger partial charge on any atom is -0.480 e. The Morgan fingerprint density at radius 3 is 2.67 bits per heavy atom. The second-order valence-electron chi connectivity index (χ2n) is 6.74. The molecule has 1 aliphatic rings. The van der Waals surface area contributed by atoms with Crippen molar-refractivity contribution in [3.63, 3.8) is 0 Å². The minimum absolute atomic E-state index is 0.576. The van der Waals surface area contributed by atoms with Crippen LogP contribution in [-0.4, -0.2) is 67.3 Å². The molecule has 1 aliphatic heterocycles. The predicted molar refractivity (Wildman–Crippen MR) is 95.4 cm³/mol. The lowest BCUT2D eigenvalue weighted by Crippen LogP contribution is -2.37. The predicted octanol–water partition coefficient (Wildman–Crippen LogP) is 2.47. The van der Waals surface area contributed by atoms with E-state index in [-0.39, 0.29) is 0 Å². The average molecular weight is 334 g/mol. The lowest BCUT2D eigenvalue weighted by Gasteiger charge is -2.28. The number of carboxylic acid groups (broad SMARTS) is 1. The summed E-state index contributed by atoms with van der Waals surface area (Å²) in [5, 5.41) is 9.71. The van der Waals surface area contributed by atoms with E-state index in [1.54, 1.807) is 0 Å². The third kappa shape index (κ3) is 5.30. The highest BCUT2D eigenvalue weighted by Gasteiger charge is 2.26. The molecule has 0 saturated carbocycles. The van der Waals surface area contributed by atoms with Gasteiger partial charge in [-0.2, -0.15) is 0 Å². The molecule has 1 fully saturated rings. The molecular weight excluding hydrogens is 304 g/mol. The smallest absolute Gasteiger partial charge is 0.325 e. The minimum atomic E-state index is -0.778. The molecule has 0 aromatic heterocycles. The lowest BCUT2D eigenvalue weighted by molar-refractivity contribution is -0.143. The van der Waals surface area contributed by atoms with Crippen LogP contribution in [0.2, 0.25) is 0 Å². The number of nitrogens with zero attached hydrogens (tertiary/aromatic N) is 2. The number of carboxylic acids is 1. The number of hydrogen-bond donors (Lipinski definition) is 1. The standard InChI is InChI=1S/C19H30N2O3/c1-15-6-7-16(2)17(14-15)18(19(22)23)20(3)8-4-5-9-21-10-12-24-13-11-21/h6-7,14,18H,4-5,8-13H2,1-3H3,(H,22,23). The van der Waals surface area contributed by atoms with Gasteiger partial charge in [0, 0.05) is 13.1 Å². The van der Waals surface area contributed by atoms with E-state index in [0.29, 0.717) is 0 Å². The van der Waals surface area contributed by atoms with E-state index in [9.17, 15) is 9.90 Å². The van der Waals surface area contributed by atoms with Gasteiger partial charge in [-0.1, -0.05) is 23.8 Å². The summed E-state index contributed by atoms with van der Waals surface area (Å²) in [6.07, 6.45) is 2.09. The zero-order valence-electron chi connectivity index (χ0n) is 15.1. The molecule has 0 radical (unpaired) electrons. The summed E-state index contributed by atoms with van der Waals surface area (Å²) >= 11 is 0. The third-order valence-electron chi connectivity index (χ3n) is 4.74. The van der Waals surface area contributed by atoms with Crippen molar-refractivity contribution in [3.8, 4) is 0 Å². The van der Waals surface area contributed by atoms with E-state index < -0.39 is 12.0 Å². The Morgan fingerprint density at radius 1 is 1.29 bits per heavy atom. The van der Waals surface area contributed by atoms with Gasteiger partial charge in [-0.15, -0.1) is 0 Å². The highest BCUT2D eigenvalue weighted by molar-refractivity contribution is 5.76. The third-order valence-corrected chi connectivity index (χ3v) is 4.74. The zero-order valence-corrected chi connectivity index (χ0v) is 15.1. The van der Waals surface area contributed by atoms with Crippen molar-refractivity contribution < 1.29 is 14.6 Å². The molecule has 24 heavy (non-hydrogen) atoms. The molecule has 1 aromatic rings. The van der Waals surface area contributed by atoms with Gasteiger partial charge in [0.05, 0.1) is 13.2 Å². The van der Waals surface area contributed by atoms with Gasteiger partial charge >= 0.3 is 5.97 Å². The summed E-state index contributed by atoms with van der Waals surface area (Å²) in [5.41, 5.74) is 3.04. The Balaban J connectivity index is 1.88. The molecule has 1 heterocycles. The van der Waals surface area contributed by atoms with Crippen molar-refractivity contribution in [2.75, 3.05) is 46.4 Å². The van der Waals surface area contributed by atoms with Crippen molar-refractivity contribution in [2.24, 2.45) is 0 Å². The van der Waals surface area contributed by atoms with Gasteiger partial charge in [0.15, 0.2) is 0 Å². The highest BCUT2D eigenvalue weighted by atomic mass is 16.5. The Morgan fingerprint density at radius 2 is 2.00 bits per heavy atom. The number of rotatable bonds is 8. The Labute approximate surface area is 145 Å². The summed E-state index contributed by atoms with van der Waals surface area (Å²) < 4.78 is 5.36. The van der Waals surface area contributed by atoms with Gasteiger partial charge < -0.3 is 9.84 Å². The summed E-state index contributed by atoms with van der Waals surface area (Å²) in [6, 6.07) is 5.46. The van der Waals surface area contributed by atoms with E-state index in [4.69, 9.17) is 4.74 Å². The van der Waals surface area contributed by atoms with Crippen LogP contribution in [0.3, 0.4) is 0 Å². The first-order valence-electron chi connectivity index (χ1n) is 8.79. The SMILES string of the molecule is Cc1ccc(C)c(C(C(=O)O)N(C)CCCCN2CCOCC2)c1. The molecule has 1 saturated heterocycles. The van der Waals surface area contributed by atoms with Crippen LogP contribution in [0.25, 0.3) is 0 Å². The van der Waals surface area contributed by atoms with Crippen LogP contribution < -0.4 is 0 Å². The van der Waals surface area contributed by atoms with Crippen LogP contribution in [0, 0.1) is 13.8 Å². The monoisotopic (exact) mass is 334 g/mol. The summed E-state index contributed by atoms with van der Waals surface area (Å²) in [6.45, 7) is 9.52. The van der Waals surface area contributed by atoms with Crippen molar-refractivity contribution in [2.45, 2.75) is 32.7 Å². The number of carbonyl (C=O) groups is 1. The first kappa shape index (κ1) is 18.9. The van der Waals surface area contributed by atoms with E-state index in [1.807, 2.05) is 44.0 Å². The molecule has 5 heteroatoms. The van der Waals surface area contributed by atoms with Crippen LogP contribution in [0.5, 0.6) is 0 Å². The second kappa shape index (κ2) is 9.16. The van der Waals surface area contributed by atoms with Gasteiger partial charge in [0.1, 0.15) is 6.04 Å². The van der Waals surface area contributed by atoms with Crippen molar-refractivity contribution in [3.05, 3.63) is 34.9 Å². The molecule has 0 spiro atoms. The fourth-order valence-corrected chi connectivity index (χ4v) is 3.26. The van der Waals surface area contributed by atoms with E-state index >= 15 is 0 Å². The van der Waals surface area contributed by atoms with Crippen LogP contribution in [0.4, 0.5) is 0 Å². The van der Waals surface area contributed by atoms with Gasteiger partial charge in [0.25, 0.3) is 0 Å². The largest absolute Gasteiger partial charge is 0.480 e. The quantitative estimate of drug-likeness (QED) is 0.740. The average Bonchev–Trinajstić information content (AvgIpc) is 2.56. The number of aryl methyl sites for hydroxylation is 2. The molecule has 0 bridgehead atoms. The molecule has 2 rings (SSSR count). The number of benzene rings is 1. The normalized spacial score (nSPS) is 17.2. The summed E-state index contributed by atoms with van der Waals surface area (Å²) in [7, 11) is 1.91. The maximum absolute atomic E-state index is 11.8. The Bertz CT molecular complexity index is 541. The Kier molecular flexibility index (Phi) is 7.21. The molecule has 1 aromatic carbocycles. The fraction of sp³-hybridized carbons (Fsp3) is 0.632. The molecule has 5 nitrogen and oxygen atoms in total. The van der Waals surface area contributed by atoms with Crippen LogP contribution >= 0.6 is 0 Å². The first-order valence-corrected chi connectivity index (χ1v) is 8.79. The fourth-order valence-electron chi connectivity index (χ4n) is 3.26. The molecule has 1 atom stereocenters. The molecule has 0 aliphatic carbocycles. The first-order chi connectivity index (χ1) is 11.5. The van der Waals surface area contributed by atoms with Gasteiger partial charge in [-0.3, -0.25) is 14.6 Å². The van der Waals surface area contributed by atoms with E-state index in [2.05, 4.69) is 4.90 Å². The summed E-state index contributed by atoms with van der Waals surface area (Å²) in [4.78, 5) is 16.2. The highest BCUT2D eigenvalue weighted by Crippen LogP contribution is 2.24. The second-order valence-corrected chi connectivity index (χ2v) is 6.74. The molecule has 0 amide bonds. The molecular formula is C19H30N2O3. The van der Waals surface area contributed by atoms with Gasteiger partial charge in [-0.25, -0.2) is 0 Å². The van der Waals surface area contributed by atoms with E-state index in [0.717, 1.165) is 68.9 Å². The van der Waals surface area contributed by atoms with Crippen molar-refractivity contribution in [1.82, 2.24) is 9.80 Å². The summed E-state index contributed by atoms with van der Waals surface area (Å²) in [5.74, 6) is -0.778. The van der Waals surface area contributed by atoms with Crippen LogP contribution in [0.1, 0.15) is 35.6 Å². The molecule has 134 valence electrons. The number of hydrogen-bond acceptors (Lipinski definition) is 4. The Hall–Kier alpha value is -1.43. The van der Waals surface area contributed by atoms with Crippen LogP contribution in [-0.2, 0) is 9.53 Å². The maximum Gasteiger partial charge on any atom is 0.325 e. The zero-order chi connectivity index (χ0) is 17.5. The number of ether oxygens (including phenoxy) is 1. The lowest BCUT2D eigenvalue weighted by atomic mass is 9.98. The molecule has 1 unspecified atom stereocenters. The maximum atomic E-state index is 11.8. The van der Waals surface area contributed by atoms with E-state index in [1.165, 1.54) is 0 Å². The topological polar surface area (TPSA) is 53.0 Å². The number of aliphatic carboxylic acids is 1. The number of unbranched alkanes of at least 4 members (excludes halogenated alkanes) is 1. The number of likely N-dealkylation sites (N-methyl/N-ethyl adjacent to an activating group) is 1. The van der Waals surface area contributed by atoms with Crippen molar-refractivity contribution in [1.29, 1.82) is 0 Å². The number of morpholine rings is 1. The molecule has 1 N–H and O–H groups in total. The van der Waals surface area contributed by atoms with Crippen LogP contribution in [0.15, 0.2) is 18.2 Å². The van der Waals surface area contributed by atoms with Crippen molar-refractivity contribution >= 4 is 5.97 Å². The van der Waals surface area contributed by atoms with Gasteiger partial charge in [-0.05, 0) is 58.0 Å². The van der Waals surface area contributed by atoms with Gasteiger partial charge in [0.2, 0.25) is 0 Å².